The van der Waals surface area contributed by atoms with Crippen LogP contribution in [0.3, 0.4) is 0 Å². The van der Waals surface area contributed by atoms with Gasteiger partial charge in [-0.1, -0.05) is 91.0 Å². The van der Waals surface area contributed by atoms with Gasteiger partial charge in [0.1, 0.15) is 17.3 Å². The van der Waals surface area contributed by atoms with Gasteiger partial charge in [0.15, 0.2) is 5.78 Å². The predicted molar refractivity (Wildman–Crippen MR) is 211 cm³/mol. The quantitative estimate of drug-likeness (QED) is 0.233. The third kappa shape index (κ3) is 10.7. The maximum Gasteiger partial charge on any atom is 0.410 e. The molecule has 4 aliphatic rings. The Morgan fingerprint density at radius 3 is 1.65 bits per heavy atom. The molecule has 4 bridgehead atoms. The van der Waals surface area contributed by atoms with Crippen molar-refractivity contribution in [1.82, 2.24) is 15.1 Å². The molecule has 0 aromatic heterocycles. The summed E-state index contributed by atoms with van der Waals surface area (Å²) in [6, 6.07) is 30.6. The van der Waals surface area contributed by atoms with E-state index in [0.29, 0.717) is 19.6 Å². The molecule has 3 aromatic carbocycles. The number of benzene rings is 3. The molecule has 0 unspecified atom stereocenters. The van der Waals surface area contributed by atoms with Crippen LogP contribution in [-0.2, 0) is 43.5 Å². The Labute approximate surface area is 326 Å². The van der Waals surface area contributed by atoms with Crippen molar-refractivity contribution < 1.29 is 33.3 Å². The van der Waals surface area contributed by atoms with Crippen LogP contribution in [0.2, 0.25) is 0 Å². The molecule has 7 atom stereocenters. The Morgan fingerprint density at radius 2 is 1.11 bits per heavy atom. The molecule has 10 nitrogen and oxygen atoms in total. The van der Waals surface area contributed by atoms with E-state index in [-0.39, 0.29) is 54.3 Å². The topological polar surface area (TPSA) is 107 Å². The van der Waals surface area contributed by atoms with E-state index < -0.39 is 17.3 Å². The van der Waals surface area contributed by atoms with Crippen molar-refractivity contribution in [2.75, 3.05) is 0 Å². The molecule has 10 heteroatoms. The minimum Gasteiger partial charge on any atom is -0.444 e. The number of Topliss-reactive ketones (excluding diaryl/α,β-unsaturated/α-hetero) is 1. The summed E-state index contributed by atoms with van der Waals surface area (Å²) < 4.78 is 23.7. The molecule has 4 saturated heterocycles. The van der Waals surface area contributed by atoms with Gasteiger partial charge >= 0.3 is 12.2 Å². The van der Waals surface area contributed by atoms with Crippen LogP contribution >= 0.6 is 0 Å². The number of ether oxygens (including phenoxy) is 4. The number of hydrogen-bond donors (Lipinski definition) is 1. The highest BCUT2D eigenvalue weighted by molar-refractivity contribution is 5.88. The summed E-state index contributed by atoms with van der Waals surface area (Å²) in [5, 5.41) is 3.73. The van der Waals surface area contributed by atoms with E-state index in [9.17, 15) is 14.4 Å². The van der Waals surface area contributed by atoms with Crippen LogP contribution in [0.15, 0.2) is 91.0 Å². The third-order valence-corrected chi connectivity index (χ3v) is 10.7. The zero-order chi connectivity index (χ0) is 39.2. The van der Waals surface area contributed by atoms with Crippen LogP contribution in [0.1, 0.15) is 96.8 Å². The molecule has 0 radical (unpaired) electrons. The first-order valence-corrected chi connectivity index (χ1v) is 19.9. The summed E-state index contributed by atoms with van der Waals surface area (Å²) in [6.45, 7) is 13.0. The second kappa shape index (κ2) is 17.7. The fourth-order valence-electron chi connectivity index (χ4n) is 8.33. The summed E-state index contributed by atoms with van der Waals surface area (Å²) in [4.78, 5) is 41.7. The van der Waals surface area contributed by atoms with E-state index >= 15 is 0 Å². The Hall–Kier alpha value is -4.25. The van der Waals surface area contributed by atoms with Crippen LogP contribution in [0.4, 0.5) is 9.59 Å². The van der Waals surface area contributed by atoms with Crippen molar-refractivity contribution in [3.05, 3.63) is 108 Å². The SMILES string of the molecule is CC(C)(C)OC(=O)N1[C@@H]2CC[C@H]1[C@@H](OCc1ccccc1)C(=O)C2.CC(C)(C)OC(=O)N1[C@@H]2CC[C@H]1[C@@H](OCc1ccccc1)[C@@H](NCc1ccccc1)C2. The van der Waals surface area contributed by atoms with Crippen molar-refractivity contribution in [2.45, 2.75) is 153 Å². The fourth-order valence-corrected chi connectivity index (χ4v) is 8.33. The van der Waals surface area contributed by atoms with E-state index in [1.54, 1.807) is 4.90 Å². The van der Waals surface area contributed by atoms with Gasteiger partial charge in [-0.25, -0.2) is 9.59 Å². The summed E-state index contributed by atoms with van der Waals surface area (Å²) in [7, 11) is 0. The van der Waals surface area contributed by atoms with Crippen LogP contribution in [0, 0.1) is 0 Å². The fraction of sp³-hybridized carbons (Fsp3) is 0.533. The van der Waals surface area contributed by atoms with E-state index in [0.717, 1.165) is 49.8 Å². The van der Waals surface area contributed by atoms with Gasteiger partial charge in [0, 0.05) is 31.1 Å². The van der Waals surface area contributed by atoms with E-state index in [1.165, 1.54) is 5.56 Å². The Balaban J connectivity index is 0.000000193. The molecule has 55 heavy (non-hydrogen) atoms. The first-order chi connectivity index (χ1) is 26.3. The van der Waals surface area contributed by atoms with E-state index in [2.05, 4.69) is 41.7 Å². The van der Waals surface area contributed by atoms with Crippen LogP contribution < -0.4 is 5.32 Å². The molecule has 0 spiro atoms. The van der Waals surface area contributed by atoms with Crippen LogP contribution in [-0.4, -0.2) is 81.4 Å². The number of amides is 2. The average Bonchev–Trinajstić information content (AvgIpc) is 3.65. The standard InChI is InChI=1S/C26H34N2O3.C19H25NO4/c1-26(2,3)31-25(29)28-21-14-15-23(28)24(30-18-20-12-8-5-9-13-20)22(16-21)27-17-19-10-6-4-7-11-19;1-19(2,3)24-18(22)20-14-9-10-15(20)17(16(21)11-14)23-12-13-7-5-4-6-8-13/h4-13,21-24,27H,14-18H2,1-3H3;4-8,14-15,17H,9-12H2,1-3H3/t21-,22+,23+,24+;14-,15+,17-/m11/s1. The van der Waals surface area contributed by atoms with Crippen molar-refractivity contribution in [1.29, 1.82) is 0 Å². The van der Waals surface area contributed by atoms with E-state index in [1.807, 2.05) is 101 Å². The molecule has 4 fully saturated rings. The average molecular weight is 754 g/mol. The number of piperidine rings is 2. The first kappa shape index (κ1) is 40.4. The molecule has 3 aromatic rings. The van der Waals surface area contributed by atoms with Gasteiger partial charge < -0.3 is 24.3 Å². The highest BCUT2D eigenvalue weighted by Gasteiger charge is 2.52. The Kier molecular flexibility index (Phi) is 13.0. The highest BCUT2D eigenvalue weighted by atomic mass is 16.6. The lowest BCUT2D eigenvalue weighted by atomic mass is 9.94. The van der Waals surface area contributed by atoms with Gasteiger partial charge in [-0.3, -0.25) is 14.6 Å². The molecule has 4 aliphatic heterocycles. The number of carbonyl (C=O) groups excluding carboxylic acids is 3. The number of nitrogens with one attached hydrogen (secondary N) is 1. The number of carbonyl (C=O) groups is 3. The lowest BCUT2D eigenvalue weighted by Crippen LogP contribution is -2.61. The van der Waals surface area contributed by atoms with Crippen molar-refractivity contribution >= 4 is 18.0 Å². The number of ketones is 1. The zero-order valence-electron chi connectivity index (χ0n) is 33.3. The van der Waals surface area contributed by atoms with Gasteiger partial charge in [0.25, 0.3) is 0 Å². The van der Waals surface area contributed by atoms with Gasteiger partial charge in [0.05, 0.1) is 31.4 Å². The Morgan fingerprint density at radius 1 is 0.636 bits per heavy atom. The second-order valence-corrected chi connectivity index (χ2v) is 17.2. The predicted octanol–water partition coefficient (Wildman–Crippen LogP) is 8.21. The number of rotatable bonds is 9. The lowest BCUT2D eigenvalue weighted by molar-refractivity contribution is -0.141. The first-order valence-electron chi connectivity index (χ1n) is 19.9. The van der Waals surface area contributed by atoms with Gasteiger partial charge in [0.2, 0.25) is 0 Å². The van der Waals surface area contributed by atoms with Crippen LogP contribution in [0.25, 0.3) is 0 Å². The summed E-state index contributed by atoms with van der Waals surface area (Å²) in [5.41, 5.74) is 2.38. The number of fused-ring (bicyclic) bond motifs is 4. The van der Waals surface area contributed by atoms with Gasteiger partial charge in [-0.05, 0) is 90.3 Å². The minimum atomic E-state index is -0.559. The molecular formula is C45H59N3O7. The van der Waals surface area contributed by atoms with E-state index in [4.69, 9.17) is 18.9 Å². The maximum absolute atomic E-state index is 13.0. The molecule has 7 rings (SSSR count). The van der Waals surface area contributed by atoms with Crippen molar-refractivity contribution in [3.8, 4) is 0 Å². The molecule has 1 N–H and O–H groups in total. The molecule has 0 saturated carbocycles. The van der Waals surface area contributed by atoms with Gasteiger partial charge in [-0.15, -0.1) is 0 Å². The van der Waals surface area contributed by atoms with Crippen LogP contribution in [0.5, 0.6) is 0 Å². The third-order valence-electron chi connectivity index (χ3n) is 10.7. The molecule has 4 heterocycles. The van der Waals surface area contributed by atoms with Gasteiger partial charge in [-0.2, -0.15) is 0 Å². The van der Waals surface area contributed by atoms with Crippen molar-refractivity contribution in [2.24, 2.45) is 0 Å². The summed E-state index contributed by atoms with van der Waals surface area (Å²) in [5.74, 6) is 0.0956. The molecule has 2 amide bonds. The highest BCUT2D eigenvalue weighted by Crippen LogP contribution is 2.39. The minimum absolute atomic E-state index is 0.0329. The molecule has 0 aliphatic carbocycles. The smallest absolute Gasteiger partial charge is 0.410 e. The van der Waals surface area contributed by atoms with Crippen molar-refractivity contribution in [3.63, 3.8) is 0 Å². The second-order valence-electron chi connectivity index (χ2n) is 17.2. The summed E-state index contributed by atoms with van der Waals surface area (Å²) >= 11 is 0. The molecular weight excluding hydrogens is 695 g/mol. The monoisotopic (exact) mass is 753 g/mol. The number of nitrogens with zero attached hydrogens (tertiary/aromatic N) is 2. The number of hydrogen-bond acceptors (Lipinski definition) is 8. The largest absolute Gasteiger partial charge is 0.444 e. The normalized spacial score (nSPS) is 25.9. The Bertz CT molecular complexity index is 1710. The molecule has 296 valence electrons. The lowest BCUT2D eigenvalue weighted by Gasteiger charge is -2.44. The zero-order valence-corrected chi connectivity index (χ0v) is 33.3. The summed E-state index contributed by atoms with van der Waals surface area (Å²) in [6.07, 6.45) is 3.62. The maximum atomic E-state index is 13.0.